The summed E-state index contributed by atoms with van der Waals surface area (Å²) in [7, 11) is 0. The standard InChI is InChI=1S/C27H29N3O4/c1-2-29-14-22(27(32)30-12-17-9-18(13-30)16-33-15-17)26(31)25-23(29)7-8-24(28-25)34-21-10-19-5-3-4-6-20(19)11-21/h3-8,14,17-18,21H,2,9-13,15-16H2,1H3. The normalized spacial score (nSPS) is 22.1. The molecule has 1 aliphatic carbocycles. The van der Waals surface area contributed by atoms with E-state index in [1.807, 2.05) is 40.7 Å². The van der Waals surface area contributed by atoms with E-state index >= 15 is 0 Å². The molecule has 2 bridgehead atoms. The Labute approximate surface area is 198 Å². The topological polar surface area (TPSA) is 73.7 Å². The predicted octanol–water partition coefficient (Wildman–Crippen LogP) is 3.07. The number of likely N-dealkylation sites (tertiary alicyclic amines) is 1. The zero-order chi connectivity index (χ0) is 23.2. The molecule has 0 spiro atoms. The summed E-state index contributed by atoms with van der Waals surface area (Å²) < 4.78 is 13.8. The SMILES string of the molecule is CCn1cc(C(=O)N2CC3COCC(C3)C2)c(=O)c2nc(OC3Cc4ccccc4C3)ccc21. The molecular formula is C27H29N3O4. The first-order valence-electron chi connectivity index (χ1n) is 12.2. The Morgan fingerprint density at radius 1 is 1.09 bits per heavy atom. The molecule has 0 saturated carbocycles. The minimum absolute atomic E-state index is 0.00413. The lowest BCUT2D eigenvalue weighted by Gasteiger charge is -2.41. The third-order valence-corrected chi connectivity index (χ3v) is 7.39. The summed E-state index contributed by atoms with van der Waals surface area (Å²) >= 11 is 0. The van der Waals surface area contributed by atoms with E-state index in [2.05, 4.69) is 17.1 Å². The fraction of sp³-hybridized carbons (Fsp3) is 0.444. The Hall–Kier alpha value is -3.19. The van der Waals surface area contributed by atoms with Crippen LogP contribution in [-0.4, -0.2) is 52.8 Å². The molecule has 0 radical (unpaired) electrons. The number of hydrogen-bond donors (Lipinski definition) is 0. The number of rotatable bonds is 4. The van der Waals surface area contributed by atoms with Gasteiger partial charge in [0.15, 0.2) is 0 Å². The van der Waals surface area contributed by atoms with Crippen LogP contribution in [-0.2, 0) is 24.1 Å². The number of aryl methyl sites for hydroxylation is 1. The number of carbonyl (C=O) groups excluding carboxylic acids is 1. The largest absolute Gasteiger partial charge is 0.474 e. The molecule has 6 rings (SSSR count). The first-order valence-corrected chi connectivity index (χ1v) is 12.2. The lowest BCUT2D eigenvalue weighted by molar-refractivity contribution is -0.0339. The number of benzene rings is 1. The number of ether oxygens (including phenoxy) is 2. The molecule has 2 aliphatic heterocycles. The number of hydrogen-bond acceptors (Lipinski definition) is 5. The van der Waals surface area contributed by atoms with Crippen molar-refractivity contribution in [2.45, 2.75) is 38.8 Å². The summed E-state index contributed by atoms with van der Waals surface area (Å²) in [4.78, 5) is 33.4. The Balaban J connectivity index is 1.31. The Morgan fingerprint density at radius 2 is 1.79 bits per heavy atom. The number of aromatic nitrogens is 2. The van der Waals surface area contributed by atoms with Crippen LogP contribution in [0.5, 0.6) is 5.88 Å². The number of carbonyl (C=O) groups is 1. The van der Waals surface area contributed by atoms with E-state index in [9.17, 15) is 9.59 Å². The van der Waals surface area contributed by atoms with Crippen LogP contribution >= 0.6 is 0 Å². The first-order chi connectivity index (χ1) is 16.6. The summed E-state index contributed by atoms with van der Waals surface area (Å²) in [5, 5.41) is 0. The van der Waals surface area contributed by atoms with Crippen LogP contribution in [0, 0.1) is 11.8 Å². The van der Waals surface area contributed by atoms with E-state index in [4.69, 9.17) is 9.47 Å². The molecule has 2 saturated heterocycles. The molecule has 4 heterocycles. The molecule has 0 N–H and O–H groups in total. The highest BCUT2D eigenvalue weighted by atomic mass is 16.5. The molecule has 2 atom stereocenters. The van der Waals surface area contributed by atoms with Gasteiger partial charge in [-0.1, -0.05) is 24.3 Å². The number of fused-ring (bicyclic) bond motifs is 4. The summed E-state index contributed by atoms with van der Waals surface area (Å²) in [6.45, 7) is 5.28. The van der Waals surface area contributed by atoms with Gasteiger partial charge < -0.3 is 18.9 Å². The van der Waals surface area contributed by atoms with Crippen LogP contribution in [0.15, 0.2) is 47.4 Å². The number of pyridine rings is 2. The molecule has 2 fully saturated rings. The Kier molecular flexibility index (Phi) is 5.37. The average molecular weight is 460 g/mol. The second-order valence-corrected chi connectivity index (χ2v) is 9.81. The van der Waals surface area contributed by atoms with Crippen molar-refractivity contribution in [3.05, 3.63) is 69.5 Å². The van der Waals surface area contributed by atoms with Crippen molar-refractivity contribution in [2.24, 2.45) is 11.8 Å². The van der Waals surface area contributed by atoms with Crippen molar-refractivity contribution in [1.29, 1.82) is 0 Å². The van der Waals surface area contributed by atoms with Gasteiger partial charge in [0.25, 0.3) is 5.91 Å². The highest BCUT2D eigenvalue weighted by Crippen LogP contribution is 2.28. The smallest absolute Gasteiger partial charge is 0.259 e. The van der Waals surface area contributed by atoms with Crippen molar-refractivity contribution in [1.82, 2.24) is 14.5 Å². The van der Waals surface area contributed by atoms with Crippen LogP contribution < -0.4 is 10.2 Å². The molecule has 3 aliphatic rings. The molecule has 34 heavy (non-hydrogen) atoms. The lowest BCUT2D eigenvalue weighted by Crippen LogP contribution is -2.49. The molecule has 1 aromatic carbocycles. The summed E-state index contributed by atoms with van der Waals surface area (Å²) in [6, 6.07) is 12.1. The highest BCUT2D eigenvalue weighted by Gasteiger charge is 2.34. The summed E-state index contributed by atoms with van der Waals surface area (Å²) in [6.07, 6.45) is 4.44. The fourth-order valence-electron chi connectivity index (χ4n) is 5.79. The quantitative estimate of drug-likeness (QED) is 0.600. The van der Waals surface area contributed by atoms with E-state index in [1.54, 1.807) is 6.20 Å². The molecular weight excluding hydrogens is 430 g/mol. The molecule has 2 unspecified atom stereocenters. The summed E-state index contributed by atoms with van der Waals surface area (Å²) in [5.41, 5.74) is 3.47. The van der Waals surface area contributed by atoms with Crippen molar-refractivity contribution in [2.75, 3.05) is 26.3 Å². The molecule has 176 valence electrons. The van der Waals surface area contributed by atoms with Crippen molar-refractivity contribution < 1.29 is 14.3 Å². The number of piperidine rings is 1. The van der Waals surface area contributed by atoms with Crippen LogP contribution in [0.1, 0.15) is 34.8 Å². The van der Waals surface area contributed by atoms with E-state index in [1.165, 1.54) is 11.1 Å². The van der Waals surface area contributed by atoms with E-state index in [0.717, 1.165) is 24.8 Å². The molecule has 1 amide bonds. The molecule has 3 aromatic rings. The van der Waals surface area contributed by atoms with Gasteiger partial charge in [0.1, 0.15) is 17.2 Å². The van der Waals surface area contributed by atoms with Crippen LogP contribution in [0.25, 0.3) is 11.0 Å². The average Bonchev–Trinajstić information content (AvgIpc) is 3.26. The zero-order valence-electron chi connectivity index (χ0n) is 19.4. The second kappa shape index (κ2) is 8.55. The maximum absolute atomic E-state index is 13.5. The number of nitrogens with zero attached hydrogens (tertiary/aromatic N) is 3. The second-order valence-electron chi connectivity index (χ2n) is 9.81. The molecule has 2 aromatic heterocycles. The predicted molar refractivity (Wildman–Crippen MR) is 128 cm³/mol. The van der Waals surface area contributed by atoms with Gasteiger partial charge in [-0.2, -0.15) is 0 Å². The van der Waals surface area contributed by atoms with Crippen molar-refractivity contribution in [3.63, 3.8) is 0 Å². The van der Waals surface area contributed by atoms with Gasteiger partial charge in [-0.25, -0.2) is 4.98 Å². The maximum atomic E-state index is 13.5. The van der Waals surface area contributed by atoms with Crippen LogP contribution in [0.3, 0.4) is 0 Å². The maximum Gasteiger partial charge on any atom is 0.259 e. The van der Waals surface area contributed by atoms with Gasteiger partial charge in [0.2, 0.25) is 11.3 Å². The first kappa shape index (κ1) is 21.4. The Bertz CT molecular complexity index is 1280. The van der Waals surface area contributed by atoms with Gasteiger partial charge in [0.05, 0.1) is 18.7 Å². The van der Waals surface area contributed by atoms with E-state index < -0.39 is 0 Å². The molecule has 7 nitrogen and oxygen atoms in total. The van der Waals surface area contributed by atoms with Crippen molar-refractivity contribution in [3.8, 4) is 5.88 Å². The Morgan fingerprint density at radius 3 is 2.47 bits per heavy atom. The zero-order valence-corrected chi connectivity index (χ0v) is 19.4. The highest BCUT2D eigenvalue weighted by molar-refractivity contribution is 5.96. The fourth-order valence-corrected chi connectivity index (χ4v) is 5.79. The number of amides is 1. The molecule has 7 heteroatoms. The minimum Gasteiger partial charge on any atom is -0.474 e. The third-order valence-electron chi connectivity index (χ3n) is 7.39. The van der Waals surface area contributed by atoms with Gasteiger partial charge in [0, 0.05) is 56.6 Å². The van der Waals surface area contributed by atoms with Gasteiger partial charge >= 0.3 is 0 Å². The lowest BCUT2D eigenvalue weighted by atomic mass is 9.88. The summed E-state index contributed by atoms with van der Waals surface area (Å²) in [5.74, 6) is 0.919. The van der Waals surface area contributed by atoms with Gasteiger partial charge in [-0.15, -0.1) is 0 Å². The van der Waals surface area contributed by atoms with E-state index in [-0.39, 0.29) is 23.0 Å². The third kappa shape index (κ3) is 3.78. The van der Waals surface area contributed by atoms with Crippen molar-refractivity contribution >= 4 is 16.9 Å². The van der Waals surface area contributed by atoms with Crippen LogP contribution in [0.2, 0.25) is 0 Å². The van der Waals surface area contributed by atoms with Crippen LogP contribution in [0.4, 0.5) is 0 Å². The van der Waals surface area contributed by atoms with Gasteiger partial charge in [-0.05, 0) is 30.5 Å². The van der Waals surface area contributed by atoms with E-state index in [0.29, 0.717) is 56.1 Å². The monoisotopic (exact) mass is 459 g/mol. The van der Waals surface area contributed by atoms with Gasteiger partial charge in [-0.3, -0.25) is 9.59 Å². The minimum atomic E-state index is -0.322.